The fourth-order valence-corrected chi connectivity index (χ4v) is 14.0. The topological polar surface area (TPSA) is 528 Å². The lowest BCUT2D eigenvalue weighted by Crippen LogP contribution is -2.11. The van der Waals surface area contributed by atoms with Gasteiger partial charge in [0, 0.05) is 181 Å². The van der Waals surface area contributed by atoms with Crippen molar-refractivity contribution in [3.8, 4) is 0 Å². The van der Waals surface area contributed by atoms with E-state index in [9.17, 15) is 101 Å². The Hall–Kier alpha value is -8.45. The second-order valence-electron chi connectivity index (χ2n) is 25.0. The molecule has 2 rings (SSSR count). The normalized spacial score (nSPS) is 12.7. The number of allylic oxidation sites excluding steroid dienone is 8. The lowest BCUT2D eigenvalue weighted by atomic mass is 9.99. The van der Waals surface area contributed by atoms with Crippen LogP contribution in [0.4, 0.5) is 0 Å². The Balaban J connectivity index is -0.000000200. The van der Waals surface area contributed by atoms with Gasteiger partial charge in [-0.25, -0.2) is 24.0 Å². The van der Waals surface area contributed by atoms with Crippen molar-refractivity contribution >= 4 is 223 Å². The summed E-state index contributed by atoms with van der Waals surface area (Å²) in [5.41, 5.74) is 0.555. The number of hydrogen-bond acceptors (Lipinski definition) is 33. The largest absolute Gasteiger partial charge is 0.478 e. The first-order valence-corrected chi connectivity index (χ1v) is 45.5. The first-order valence-electron chi connectivity index (χ1n) is 37.6. The maximum atomic E-state index is 11.2. The highest BCUT2D eigenvalue weighted by Gasteiger charge is 2.28. The number of hydrogen-bond donors (Lipinski definition) is 5. The Bertz CT molecular complexity index is 3510. The second-order valence-corrected chi connectivity index (χ2v) is 34.7. The van der Waals surface area contributed by atoms with Gasteiger partial charge in [0.15, 0.2) is 87.2 Å². The first-order chi connectivity index (χ1) is 56.8. The van der Waals surface area contributed by atoms with Gasteiger partial charge < -0.3 is 25.5 Å². The van der Waals surface area contributed by atoms with Crippen molar-refractivity contribution in [3.05, 3.63) is 98.2 Å². The number of unbranched alkanes of at least 4 members (excludes halogenated alkanes) is 8. The van der Waals surface area contributed by atoms with Crippen LogP contribution in [0.1, 0.15) is 216 Å². The minimum atomic E-state index is -1.15. The van der Waals surface area contributed by atoms with Crippen LogP contribution in [0.3, 0.4) is 0 Å². The molecule has 0 aromatic carbocycles. The van der Waals surface area contributed by atoms with Crippen molar-refractivity contribution in [3.63, 3.8) is 0 Å². The van der Waals surface area contributed by atoms with Crippen LogP contribution in [0, 0.1) is 17.8 Å². The summed E-state index contributed by atoms with van der Waals surface area (Å²) in [6.07, 6.45) is 31.0. The average Bonchev–Trinajstić information content (AvgIpc) is 1.78. The number of carbonyl (C=O) groups is 21. The number of thioether (sulfide) groups is 8. The minimum absolute atomic E-state index is 0.0239. The summed E-state index contributed by atoms with van der Waals surface area (Å²) in [5, 5.41) is 42.3. The van der Waals surface area contributed by atoms with Gasteiger partial charge in [-0.05, 0) is 138 Å². The van der Waals surface area contributed by atoms with Gasteiger partial charge >= 0.3 is 42.1 Å². The molecule has 3 unspecified atom stereocenters. The molecule has 0 radical (unpaired) electrons. The molecule has 2 aliphatic rings. The van der Waals surface area contributed by atoms with Gasteiger partial charge in [-0.3, -0.25) is 76.7 Å². The lowest BCUT2D eigenvalue weighted by molar-refractivity contribution is -0.193. The molecule has 2 saturated heterocycles. The number of Topliss-reactive ketones (excluding diaryl/α,β-unsaturated/α-hetero) is 1. The zero-order valence-electron chi connectivity index (χ0n) is 69.8. The zero-order valence-corrected chi connectivity index (χ0v) is 76.4. The number of ketones is 8. The smallest absolute Gasteiger partial charge is 0.373 e. The van der Waals surface area contributed by atoms with Gasteiger partial charge in [0.25, 0.3) is 0 Å². The van der Waals surface area contributed by atoms with Crippen LogP contribution < -0.4 is 0 Å². The number of carbonyl (C=O) groups excluding carboxylic acids is 20. The number of rotatable bonds is 51. The third-order valence-electron chi connectivity index (χ3n) is 14.0. The van der Waals surface area contributed by atoms with E-state index in [4.69, 9.17) is 44.7 Å². The van der Waals surface area contributed by atoms with E-state index in [1.807, 2.05) is 6.92 Å². The summed E-state index contributed by atoms with van der Waals surface area (Å²) in [7, 11) is 0. The number of aliphatic carboxylic acids is 5. The highest BCUT2D eigenvalue weighted by Crippen LogP contribution is 2.30. The highest BCUT2D eigenvalue weighted by molar-refractivity contribution is 8.15. The monoisotopic (exact) mass is 1850 g/mol. The molecule has 676 valence electrons. The first kappa shape index (κ1) is 128. The standard InChI is InChI=1S/C15H24O4S.C12H18O4S.C10H14O4S.C9H10O4S.C9H12O4S.C9H12O2S.C9H14O2S.C8H12O2S.2CO2/c1-13(16)20-12-8-6-4-2-3-5-7-9-14(17)10-11-15(18)19;1-9(8-17-10(2)13)4-3-5-11(14)6-7-12(15)16;1-8(11)15-7-3-2-4-9(12)5-6-10(13)14;10-7(1-2-8(11)12)5-6-3-4-14-9(6)13;1-7(10)14-6-2-3-8(11)4-5-9(12)13;1-6(2)8(10)5-7-3-4-12-9(7)11;1-3-9(11)6-4-5-7-12-8(2)10;1-3-8(10)5-4-6-11-7(2)9;2*2-1-3/h10-11H,2-9,12H2,1H3,(H,18,19);6-7,9H,3-5,8H2,1-2H3,(H,15,16);5-6H,2-4,7H2,1H3,(H,13,14);1-2,6H,3-5H2,(H,11,12);4-5H,2-3,6H2,1H3,(H,12,13);7H,1,3-5H2,2H3;3H,1,4-7H2,2H3;3H,1,4-6H2,2H3;;/b11-10-;7-6-;6-5-;2-1-;5-4-;;;;;. The predicted octanol–water partition coefficient (Wildman–Crippen LogP) is 14.3. The van der Waals surface area contributed by atoms with Crippen LogP contribution in [-0.2, 0) is 120 Å². The molecule has 3 atom stereocenters. The highest BCUT2D eigenvalue weighted by atomic mass is 32.2. The lowest BCUT2D eigenvalue weighted by Gasteiger charge is -2.08. The summed E-state index contributed by atoms with van der Waals surface area (Å²) in [4.78, 5) is 257. The Morgan fingerprint density at radius 2 is 0.595 bits per heavy atom. The van der Waals surface area contributed by atoms with E-state index in [1.165, 1.54) is 140 Å². The molecule has 0 bridgehead atoms. The third kappa shape index (κ3) is 118. The van der Waals surface area contributed by atoms with Crippen molar-refractivity contribution in [2.45, 2.75) is 216 Å². The van der Waals surface area contributed by atoms with Gasteiger partial charge in [-0.15, -0.1) is 0 Å². The molecule has 0 amide bonds. The van der Waals surface area contributed by atoms with E-state index in [1.54, 1.807) is 20.8 Å². The fraction of sp³-hybridized carbons (Fsp3) is 0.530. The summed E-state index contributed by atoms with van der Waals surface area (Å²) >= 11 is 10.2. The quantitative estimate of drug-likeness (QED) is 0.0279. The Labute approximate surface area is 741 Å². The van der Waals surface area contributed by atoms with Crippen molar-refractivity contribution in [2.75, 3.05) is 46.0 Å². The van der Waals surface area contributed by atoms with Gasteiger partial charge in [-0.1, -0.05) is 153 Å². The van der Waals surface area contributed by atoms with Crippen molar-refractivity contribution < 1.29 is 145 Å². The molecule has 2 heterocycles. The molecular formula is C83H116O30S8. The summed E-state index contributed by atoms with van der Waals surface area (Å²) in [5.74, 6) is -0.105. The molecule has 0 aromatic rings. The summed E-state index contributed by atoms with van der Waals surface area (Å²) in [6, 6.07) is 0. The van der Waals surface area contributed by atoms with Crippen LogP contribution in [0.2, 0.25) is 0 Å². The molecule has 0 saturated carbocycles. The molecule has 30 nitrogen and oxygen atoms in total. The van der Waals surface area contributed by atoms with Crippen molar-refractivity contribution in [2.24, 2.45) is 17.8 Å². The van der Waals surface area contributed by atoms with Crippen molar-refractivity contribution in [1.29, 1.82) is 0 Å². The zero-order chi connectivity index (χ0) is 94.3. The van der Waals surface area contributed by atoms with Crippen LogP contribution >= 0.6 is 94.1 Å². The fourth-order valence-electron chi connectivity index (χ4n) is 8.14. The summed E-state index contributed by atoms with van der Waals surface area (Å²) in [6.45, 7) is 23.2. The molecule has 38 heteroatoms. The van der Waals surface area contributed by atoms with E-state index in [-0.39, 0.29) is 124 Å². The number of carboxylic acids is 5. The summed E-state index contributed by atoms with van der Waals surface area (Å²) < 4.78 is 0. The SMILES string of the molecule is C=C(C)C(=O)CC1CCSC1=O.C=CC(=O)CCCCSC(C)=O.C=CC(=O)CCCSC(C)=O.CC(=O)SCC(C)CCCC(=O)/C=C\C(=O)O.CC(=O)SCCCC(=O)/C=C\C(=O)O.CC(=O)SCCCCC(=O)/C=C\C(=O)O.CC(=O)SCCCCCCCCCC(=O)/C=C\C(=O)O.O=C(O)/C=C\C(=O)CC1CCSC1=O.O=C=O.O=C=O. The third-order valence-corrected chi connectivity index (χ3v) is 21.8. The second kappa shape index (κ2) is 92.3. The van der Waals surface area contributed by atoms with E-state index in [2.05, 4.69) is 19.7 Å². The predicted molar refractivity (Wildman–Crippen MR) is 474 cm³/mol. The maximum absolute atomic E-state index is 11.2. The van der Waals surface area contributed by atoms with Gasteiger partial charge in [-0.2, -0.15) is 19.2 Å². The molecule has 2 aliphatic heterocycles. The van der Waals surface area contributed by atoms with Crippen LogP contribution in [-0.4, -0.2) is 201 Å². The van der Waals surface area contributed by atoms with E-state index < -0.39 is 29.8 Å². The molecule has 0 aliphatic carbocycles. The molecule has 5 N–H and O–H groups in total. The van der Waals surface area contributed by atoms with E-state index in [0.29, 0.717) is 74.4 Å². The molecular weight excluding hydrogens is 1730 g/mol. The molecule has 0 spiro atoms. The van der Waals surface area contributed by atoms with Crippen molar-refractivity contribution in [1.82, 2.24) is 0 Å². The van der Waals surface area contributed by atoms with Gasteiger partial charge in [0.05, 0.1) is 0 Å². The average molecular weight is 1850 g/mol. The molecule has 0 aromatic heterocycles. The maximum Gasteiger partial charge on any atom is 0.373 e. The van der Waals surface area contributed by atoms with Gasteiger partial charge in [0.2, 0.25) is 0 Å². The minimum Gasteiger partial charge on any atom is -0.478 e. The van der Waals surface area contributed by atoms with Gasteiger partial charge in [0.1, 0.15) is 0 Å². The van der Waals surface area contributed by atoms with Crippen LogP contribution in [0.5, 0.6) is 0 Å². The Morgan fingerprint density at radius 3 is 0.876 bits per heavy atom. The Kier molecular flexibility index (Phi) is 97.7. The van der Waals surface area contributed by atoms with E-state index in [0.717, 1.165) is 185 Å². The molecule has 121 heavy (non-hydrogen) atoms. The van der Waals surface area contributed by atoms with E-state index >= 15 is 0 Å². The Morgan fingerprint density at radius 1 is 0.355 bits per heavy atom. The van der Waals surface area contributed by atoms with Crippen LogP contribution in [0.25, 0.3) is 0 Å². The van der Waals surface area contributed by atoms with Crippen LogP contribution in [0.15, 0.2) is 98.2 Å². The molecule has 2 fully saturated rings. The number of carboxylic acid groups (broad SMARTS) is 5.